The number of hydrogen-bond acceptors (Lipinski definition) is 4. The van der Waals surface area contributed by atoms with Gasteiger partial charge in [0.2, 0.25) is 5.88 Å². The summed E-state index contributed by atoms with van der Waals surface area (Å²) in [6.45, 7) is 1.70. The van der Waals surface area contributed by atoms with E-state index in [1.54, 1.807) is 6.92 Å². The van der Waals surface area contributed by atoms with Gasteiger partial charge in [-0.05, 0) is 18.5 Å². The molecule has 0 unspecified atom stereocenters. The van der Waals surface area contributed by atoms with Crippen LogP contribution in [0.2, 0.25) is 0 Å². The molecular formula is C6H7NO3S. The standard InChI is InChI=1S/C6H7NO3S/c1-3-4(6(8)9)5(10-2)7-11-3/h1-2H3,(H,8,9). The molecule has 0 bridgehead atoms. The predicted molar refractivity (Wildman–Crippen MR) is 40.4 cm³/mol. The van der Waals surface area contributed by atoms with Crippen molar-refractivity contribution in [2.75, 3.05) is 7.11 Å². The summed E-state index contributed by atoms with van der Waals surface area (Å²) < 4.78 is 8.54. The topological polar surface area (TPSA) is 59.4 Å². The predicted octanol–water partition coefficient (Wildman–Crippen LogP) is 1.16. The van der Waals surface area contributed by atoms with Crippen molar-refractivity contribution in [1.29, 1.82) is 0 Å². The Hall–Kier alpha value is -1.10. The Morgan fingerprint density at radius 2 is 2.36 bits per heavy atom. The molecule has 0 aliphatic carbocycles. The molecule has 1 rings (SSSR count). The molecule has 0 aliphatic heterocycles. The number of methoxy groups -OCH3 is 1. The average Bonchev–Trinajstić information content (AvgIpc) is 2.30. The van der Waals surface area contributed by atoms with Crippen LogP contribution < -0.4 is 4.74 Å². The third-order valence-corrected chi connectivity index (χ3v) is 1.97. The maximum Gasteiger partial charge on any atom is 0.342 e. The van der Waals surface area contributed by atoms with Crippen molar-refractivity contribution in [1.82, 2.24) is 4.37 Å². The zero-order valence-corrected chi connectivity index (χ0v) is 6.94. The smallest absolute Gasteiger partial charge is 0.342 e. The number of carboxylic acid groups (broad SMARTS) is 1. The van der Waals surface area contributed by atoms with Crippen LogP contribution in [0.4, 0.5) is 0 Å². The van der Waals surface area contributed by atoms with Gasteiger partial charge >= 0.3 is 5.97 Å². The second kappa shape index (κ2) is 2.87. The van der Waals surface area contributed by atoms with Crippen LogP contribution in [0.3, 0.4) is 0 Å². The molecule has 0 aliphatic rings. The van der Waals surface area contributed by atoms with Gasteiger partial charge in [0.1, 0.15) is 5.56 Å². The van der Waals surface area contributed by atoms with Gasteiger partial charge in [-0.15, -0.1) is 0 Å². The van der Waals surface area contributed by atoms with E-state index in [1.807, 2.05) is 0 Å². The first-order chi connectivity index (χ1) is 5.16. The number of nitrogens with zero attached hydrogens (tertiary/aromatic N) is 1. The maximum absolute atomic E-state index is 10.5. The van der Waals surface area contributed by atoms with Gasteiger partial charge in [-0.2, -0.15) is 4.37 Å². The van der Waals surface area contributed by atoms with Crippen molar-refractivity contribution < 1.29 is 14.6 Å². The molecule has 5 heteroatoms. The number of hydrogen-bond donors (Lipinski definition) is 1. The van der Waals surface area contributed by atoms with Gasteiger partial charge in [-0.1, -0.05) is 0 Å². The molecule has 1 N–H and O–H groups in total. The van der Waals surface area contributed by atoms with Gasteiger partial charge in [0.25, 0.3) is 0 Å². The Kier molecular flexibility index (Phi) is 2.09. The van der Waals surface area contributed by atoms with Crippen LogP contribution in [0.5, 0.6) is 5.88 Å². The van der Waals surface area contributed by atoms with Gasteiger partial charge in [-0.25, -0.2) is 4.79 Å². The first-order valence-electron chi connectivity index (χ1n) is 2.90. The first kappa shape index (κ1) is 8.00. The van der Waals surface area contributed by atoms with Crippen molar-refractivity contribution in [2.24, 2.45) is 0 Å². The molecule has 1 aromatic rings. The van der Waals surface area contributed by atoms with E-state index in [4.69, 9.17) is 9.84 Å². The normalized spacial score (nSPS) is 9.64. The van der Waals surface area contributed by atoms with Gasteiger partial charge in [0, 0.05) is 4.88 Å². The van der Waals surface area contributed by atoms with E-state index in [-0.39, 0.29) is 11.4 Å². The molecule has 0 spiro atoms. The molecule has 0 amide bonds. The van der Waals surface area contributed by atoms with E-state index < -0.39 is 5.97 Å². The van der Waals surface area contributed by atoms with Crippen molar-refractivity contribution in [3.63, 3.8) is 0 Å². The Morgan fingerprint density at radius 1 is 1.73 bits per heavy atom. The van der Waals surface area contributed by atoms with Gasteiger partial charge in [0.15, 0.2) is 0 Å². The summed E-state index contributed by atoms with van der Waals surface area (Å²) >= 11 is 1.13. The van der Waals surface area contributed by atoms with Crippen LogP contribution >= 0.6 is 11.5 Å². The number of aryl methyl sites for hydroxylation is 1. The lowest BCUT2D eigenvalue weighted by molar-refractivity contribution is 0.0693. The van der Waals surface area contributed by atoms with Crippen LogP contribution in [0.25, 0.3) is 0 Å². The molecule has 0 saturated heterocycles. The van der Waals surface area contributed by atoms with Crippen molar-refractivity contribution in [3.8, 4) is 5.88 Å². The molecule has 4 nitrogen and oxygen atoms in total. The molecule has 1 aromatic heterocycles. The second-order valence-electron chi connectivity index (χ2n) is 1.93. The molecule has 0 saturated carbocycles. The SMILES string of the molecule is COc1nsc(C)c1C(=O)O. The summed E-state index contributed by atoms with van der Waals surface area (Å²) in [5, 5.41) is 8.65. The Bertz CT molecular complexity index is 281. The molecule has 0 fully saturated rings. The van der Waals surface area contributed by atoms with Gasteiger partial charge in [0.05, 0.1) is 7.11 Å². The van der Waals surface area contributed by atoms with E-state index >= 15 is 0 Å². The van der Waals surface area contributed by atoms with Crippen LogP contribution in [0.15, 0.2) is 0 Å². The fourth-order valence-corrected chi connectivity index (χ4v) is 1.38. The number of ether oxygens (including phenoxy) is 1. The van der Waals surface area contributed by atoms with E-state index in [9.17, 15) is 4.79 Å². The van der Waals surface area contributed by atoms with E-state index in [2.05, 4.69) is 4.37 Å². The van der Waals surface area contributed by atoms with Gasteiger partial charge in [-0.3, -0.25) is 0 Å². The van der Waals surface area contributed by atoms with Crippen LogP contribution in [0, 0.1) is 6.92 Å². The lowest BCUT2D eigenvalue weighted by Crippen LogP contribution is -1.99. The molecule has 1 heterocycles. The largest absolute Gasteiger partial charge is 0.480 e. The van der Waals surface area contributed by atoms with Crippen molar-refractivity contribution in [2.45, 2.75) is 6.92 Å². The number of aromatic nitrogens is 1. The molecule has 0 aromatic carbocycles. The third kappa shape index (κ3) is 1.32. The fraction of sp³-hybridized carbons (Fsp3) is 0.333. The molecule has 11 heavy (non-hydrogen) atoms. The number of carboxylic acids is 1. The van der Waals surface area contributed by atoms with Crippen molar-refractivity contribution in [3.05, 3.63) is 10.4 Å². The average molecular weight is 173 g/mol. The summed E-state index contributed by atoms with van der Waals surface area (Å²) in [7, 11) is 1.40. The highest BCUT2D eigenvalue weighted by Crippen LogP contribution is 2.23. The van der Waals surface area contributed by atoms with E-state index in [1.165, 1.54) is 7.11 Å². The van der Waals surface area contributed by atoms with E-state index in [0.717, 1.165) is 11.5 Å². The highest BCUT2D eigenvalue weighted by atomic mass is 32.1. The maximum atomic E-state index is 10.5. The lowest BCUT2D eigenvalue weighted by Gasteiger charge is -1.94. The minimum absolute atomic E-state index is 0.164. The summed E-state index contributed by atoms with van der Waals surface area (Å²) in [5.74, 6) is -0.798. The minimum Gasteiger partial charge on any atom is -0.480 e. The fourth-order valence-electron chi connectivity index (χ4n) is 0.733. The number of rotatable bonds is 2. The molecular weight excluding hydrogens is 166 g/mol. The Morgan fingerprint density at radius 3 is 2.73 bits per heavy atom. The third-order valence-electron chi connectivity index (χ3n) is 1.24. The zero-order chi connectivity index (χ0) is 8.43. The summed E-state index contributed by atoms with van der Waals surface area (Å²) in [4.78, 5) is 11.2. The Balaban J connectivity index is 3.17. The highest BCUT2D eigenvalue weighted by molar-refractivity contribution is 7.06. The molecule has 0 radical (unpaired) electrons. The quantitative estimate of drug-likeness (QED) is 0.729. The summed E-state index contributed by atoms with van der Waals surface area (Å²) in [6.07, 6.45) is 0. The number of aromatic carboxylic acids is 1. The van der Waals surface area contributed by atoms with Crippen LogP contribution in [-0.2, 0) is 0 Å². The summed E-state index contributed by atoms with van der Waals surface area (Å²) in [5.41, 5.74) is 0.164. The van der Waals surface area contributed by atoms with Crippen LogP contribution in [0.1, 0.15) is 15.2 Å². The molecule has 60 valence electrons. The minimum atomic E-state index is -0.992. The van der Waals surface area contributed by atoms with E-state index in [0.29, 0.717) is 4.88 Å². The van der Waals surface area contributed by atoms with Crippen LogP contribution in [-0.4, -0.2) is 22.6 Å². The summed E-state index contributed by atoms with van der Waals surface area (Å²) in [6, 6.07) is 0. The Labute approximate surface area is 67.6 Å². The van der Waals surface area contributed by atoms with Crippen molar-refractivity contribution >= 4 is 17.5 Å². The number of carbonyl (C=O) groups is 1. The van der Waals surface area contributed by atoms with Gasteiger partial charge < -0.3 is 9.84 Å². The highest BCUT2D eigenvalue weighted by Gasteiger charge is 2.17. The first-order valence-corrected chi connectivity index (χ1v) is 3.67. The molecule has 0 atom stereocenters. The monoisotopic (exact) mass is 173 g/mol. The zero-order valence-electron chi connectivity index (χ0n) is 6.12. The second-order valence-corrected chi connectivity index (χ2v) is 2.91. The lowest BCUT2D eigenvalue weighted by atomic mass is 10.3.